The molecule has 0 aliphatic heterocycles. The average molecular weight is 379 g/mol. The van der Waals surface area contributed by atoms with Gasteiger partial charge < -0.3 is 15.6 Å². The van der Waals surface area contributed by atoms with Crippen molar-refractivity contribution in [3.05, 3.63) is 77.1 Å². The number of benzene rings is 2. The molecule has 4 rings (SSSR count). The molecule has 0 unspecified atom stereocenters. The predicted octanol–water partition coefficient (Wildman–Crippen LogP) is 4.27. The molecule has 3 N–H and O–H groups in total. The number of aromatic amines is 1. The third kappa shape index (κ3) is 4.17. The summed E-state index contributed by atoms with van der Waals surface area (Å²) < 4.78 is 0. The van der Waals surface area contributed by atoms with E-state index >= 15 is 0 Å². The Morgan fingerprint density at radius 1 is 0.963 bits per heavy atom. The van der Waals surface area contributed by atoms with E-state index in [0.29, 0.717) is 23.3 Å². The number of rotatable bonds is 7. The second-order valence-electron chi connectivity index (χ2n) is 6.15. The largest absolute Gasteiger partial charge is 0.368 e. The molecule has 0 saturated heterocycles. The average Bonchev–Trinajstić information content (AvgIpc) is 3.11. The molecule has 0 bridgehead atoms. The first-order chi connectivity index (χ1) is 13.3. The minimum atomic E-state index is 0.465. The quantitative estimate of drug-likeness (QED) is 0.447. The summed E-state index contributed by atoms with van der Waals surface area (Å²) in [6, 6.07) is 16.0. The second kappa shape index (κ2) is 8.05. The van der Waals surface area contributed by atoms with E-state index < -0.39 is 0 Å². The maximum absolute atomic E-state index is 6.17. The second-order valence-corrected chi connectivity index (χ2v) is 6.55. The van der Waals surface area contributed by atoms with Crippen molar-refractivity contribution in [3.8, 4) is 0 Å². The summed E-state index contributed by atoms with van der Waals surface area (Å²) in [7, 11) is 0. The third-order valence-electron chi connectivity index (χ3n) is 4.33. The Kier molecular flexibility index (Phi) is 5.16. The van der Waals surface area contributed by atoms with Gasteiger partial charge in [0.1, 0.15) is 0 Å². The van der Waals surface area contributed by atoms with E-state index in [9.17, 15) is 0 Å². The Morgan fingerprint density at radius 2 is 1.81 bits per heavy atom. The molecule has 0 fully saturated rings. The van der Waals surface area contributed by atoms with E-state index in [-0.39, 0.29) is 0 Å². The van der Waals surface area contributed by atoms with E-state index in [1.807, 2.05) is 30.3 Å². The van der Waals surface area contributed by atoms with Crippen LogP contribution in [0.5, 0.6) is 0 Å². The van der Waals surface area contributed by atoms with Crippen LogP contribution in [0.1, 0.15) is 11.1 Å². The summed E-state index contributed by atoms with van der Waals surface area (Å²) >= 11 is 6.17. The van der Waals surface area contributed by atoms with Crippen LogP contribution in [0.2, 0.25) is 5.02 Å². The van der Waals surface area contributed by atoms with Crippen LogP contribution in [-0.4, -0.2) is 26.7 Å². The molecule has 0 spiro atoms. The fourth-order valence-electron chi connectivity index (χ4n) is 2.94. The van der Waals surface area contributed by atoms with Crippen molar-refractivity contribution >= 4 is 34.3 Å². The van der Waals surface area contributed by atoms with Gasteiger partial charge in [-0.15, -0.1) is 5.10 Å². The van der Waals surface area contributed by atoms with Crippen LogP contribution in [-0.2, 0) is 13.0 Å². The van der Waals surface area contributed by atoms with Crippen LogP contribution >= 0.6 is 11.6 Å². The van der Waals surface area contributed by atoms with Crippen molar-refractivity contribution in [2.45, 2.75) is 13.0 Å². The molecule has 0 amide bonds. The lowest BCUT2D eigenvalue weighted by Crippen LogP contribution is -2.10. The number of hydrogen-bond donors (Lipinski definition) is 3. The van der Waals surface area contributed by atoms with Gasteiger partial charge in [-0.1, -0.05) is 48.0 Å². The van der Waals surface area contributed by atoms with Gasteiger partial charge in [0.05, 0.1) is 6.20 Å². The Balaban J connectivity index is 1.34. The van der Waals surface area contributed by atoms with Gasteiger partial charge >= 0.3 is 0 Å². The van der Waals surface area contributed by atoms with E-state index in [4.69, 9.17) is 11.6 Å². The summed E-state index contributed by atoms with van der Waals surface area (Å²) in [5, 5.41) is 16.5. The summed E-state index contributed by atoms with van der Waals surface area (Å²) in [4.78, 5) is 7.75. The molecule has 4 aromatic rings. The topological polar surface area (TPSA) is 78.5 Å². The Morgan fingerprint density at radius 3 is 2.74 bits per heavy atom. The van der Waals surface area contributed by atoms with Gasteiger partial charge in [0.2, 0.25) is 5.95 Å². The van der Waals surface area contributed by atoms with Gasteiger partial charge in [0.15, 0.2) is 5.82 Å². The zero-order valence-electron chi connectivity index (χ0n) is 14.6. The Labute approximate surface area is 162 Å². The molecule has 0 saturated carbocycles. The fraction of sp³-hybridized carbons (Fsp3) is 0.150. The highest BCUT2D eigenvalue weighted by Gasteiger charge is 2.05. The number of hydrogen-bond acceptors (Lipinski definition) is 5. The Hall–Kier alpha value is -3.12. The summed E-state index contributed by atoms with van der Waals surface area (Å²) in [5.41, 5.74) is 3.42. The molecule has 0 aliphatic rings. The van der Waals surface area contributed by atoms with E-state index in [1.165, 1.54) is 10.9 Å². The van der Waals surface area contributed by atoms with E-state index in [1.54, 1.807) is 6.20 Å². The molecule has 6 nitrogen and oxygen atoms in total. The lowest BCUT2D eigenvalue weighted by atomic mass is 10.1. The highest BCUT2D eigenvalue weighted by Crippen LogP contribution is 2.18. The van der Waals surface area contributed by atoms with Crippen molar-refractivity contribution in [1.29, 1.82) is 0 Å². The molecule has 2 heterocycles. The molecule has 2 aromatic carbocycles. The molecule has 0 aliphatic carbocycles. The molecular weight excluding hydrogens is 360 g/mol. The first kappa shape index (κ1) is 17.3. The first-order valence-corrected chi connectivity index (χ1v) is 9.13. The molecule has 0 atom stereocenters. The number of fused-ring (bicyclic) bond motifs is 1. The molecular formula is C20H19ClN6. The van der Waals surface area contributed by atoms with Crippen LogP contribution in [0.25, 0.3) is 10.9 Å². The smallest absolute Gasteiger partial charge is 0.244 e. The van der Waals surface area contributed by atoms with Gasteiger partial charge in [0, 0.05) is 35.2 Å². The molecule has 7 heteroatoms. The number of anilines is 2. The van der Waals surface area contributed by atoms with Crippen LogP contribution in [0.4, 0.5) is 11.8 Å². The summed E-state index contributed by atoms with van der Waals surface area (Å²) in [6.45, 7) is 1.30. The lowest BCUT2D eigenvalue weighted by Gasteiger charge is -2.08. The first-order valence-electron chi connectivity index (χ1n) is 8.75. The number of nitrogens with one attached hydrogen (secondary N) is 3. The van der Waals surface area contributed by atoms with Crippen LogP contribution in [0, 0.1) is 0 Å². The number of H-pyrrole nitrogens is 1. The molecule has 136 valence electrons. The van der Waals surface area contributed by atoms with Gasteiger partial charge in [0.25, 0.3) is 0 Å². The van der Waals surface area contributed by atoms with Crippen LogP contribution in [0.15, 0.2) is 60.9 Å². The molecule has 0 radical (unpaired) electrons. The van der Waals surface area contributed by atoms with Crippen molar-refractivity contribution in [2.24, 2.45) is 0 Å². The number of aromatic nitrogens is 4. The Bertz CT molecular complexity index is 1050. The maximum Gasteiger partial charge on any atom is 0.244 e. The fourth-order valence-corrected chi connectivity index (χ4v) is 3.15. The monoisotopic (exact) mass is 378 g/mol. The standard InChI is InChI=1S/C20H19ClN6/c21-17-7-3-1-5-15(17)12-24-20-26-19(13-25-27-20)22-10-9-14-11-23-18-8-4-2-6-16(14)18/h1-8,11,13,23H,9-10,12H2,(H2,22,24,26,27). The SMILES string of the molecule is Clc1ccccc1CNc1nncc(NCCc2c[nH]c3ccccc23)n1. The normalized spacial score (nSPS) is 10.9. The number of para-hydroxylation sites is 1. The van der Waals surface area contributed by atoms with E-state index in [0.717, 1.165) is 24.0 Å². The highest BCUT2D eigenvalue weighted by atomic mass is 35.5. The number of halogens is 1. The van der Waals surface area contributed by atoms with Crippen LogP contribution < -0.4 is 10.6 Å². The van der Waals surface area contributed by atoms with Gasteiger partial charge in [-0.3, -0.25) is 0 Å². The molecule has 27 heavy (non-hydrogen) atoms. The van der Waals surface area contributed by atoms with Crippen molar-refractivity contribution in [2.75, 3.05) is 17.2 Å². The van der Waals surface area contributed by atoms with Gasteiger partial charge in [-0.2, -0.15) is 10.1 Å². The zero-order valence-corrected chi connectivity index (χ0v) is 15.4. The van der Waals surface area contributed by atoms with E-state index in [2.05, 4.69) is 55.2 Å². The van der Waals surface area contributed by atoms with Crippen molar-refractivity contribution in [3.63, 3.8) is 0 Å². The minimum Gasteiger partial charge on any atom is -0.368 e. The lowest BCUT2D eigenvalue weighted by molar-refractivity contribution is 0.930. The molecule has 2 aromatic heterocycles. The third-order valence-corrected chi connectivity index (χ3v) is 4.70. The highest BCUT2D eigenvalue weighted by molar-refractivity contribution is 6.31. The maximum atomic E-state index is 6.17. The number of nitrogens with zero attached hydrogens (tertiary/aromatic N) is 3. The van der Waals surface area contributed by atoms with Crippen molar-refractivity contribution in [1.82, 2.24) is 20.2 Å². The summed E-state index contributed by atoms with van der Waals surface area (Å²) in [5.74, 6) is 1.15. The minimum absolute atomic E-state index is 0.465. The summed E-state index contributed by atoms with van der Waals surface area (Å²) in [6.07, 6.45) is 4.56. The van der Waals surface area contributed by atoms with Gasteiger partial charge in [-0.25, -0.2) is 0 Å². The van der Waals surface area contributed by atoms with Gasteiger partial charge in [-0.05, 0) is 29.7 Å². The van der Waals surface area contributed by atoms with Crippen molar-refractivity contribution < 1.29 is 0 Å². The predicted molar refractivity (Wildman–Crippen MR) is 109 cm³/mol. The van der Waals surface area contributed by atoms with Crippen LogP contribution in [0.3, 0.4) is 0 Å². The zero-order chi connectivity index (χ0) is 18.5.